The lowest BCUT2D eigenvalue weighted by atomic mass is 10.8. The van der Waals surface area contributed by atoms with E-state index in [0.29, 0.717) is 10.3 Å². The molecule has 0 bridgehead atoms. The molecule has 0 aliphatic rings. The largest absolute Gasteiger partial charge is 0.374 e. The van der Waals surface area contributed by atoms with Gasteiger partial charge in [-0.3, -0.25) is 0 Å². The molecular formula is C5H5N5S. The first kappa shape index (κ1) is 6.29. The molecule has 5 nitrogen and oxygen atoms in total. The molecule has 2 N–H and O–H groups in total. The lowest BCUT2D eigenvalue weighted by Crippen LogP contribution is -1.92. The normalized spacial score (nSPS) is 10.2. The minimum absolute atomic E-state index is 0.454. The molecule has 0 radical (unpaired) electrons. The Hall–Kier alpha value is -1.43. The summed E-state index contributed by atoms with van der Waals surface area (Å²) in [6.45, 7) is 0. The van der Waals surface area contributed by atoms with Gasteiger partial charge in [-0.05, 0) is 6.07 Å². The van der Waals surface area contributed by atoms with Crippen molar-refractivity contribution in [1.29, 1.82) is 0 Å². The first-order valence-corrected chi connectivity index (χ1v) is 3.77. The number of nitrogens with zero attached hydrogens (tertiary/aromatic N) is 4. The monoisotopic (exact) mass is 167 g/mol. The predicted molar refractivity (Wildman–Crippen MR) is 41.4 cm³/mol. The van der Waals surface area contributed by atoms with E-state index in [4.69, 9.17) is 5.73 Å². The summed E-state index contributed by atoms with van der Waals surface area (Å²) in [5.74, 6) is 0. The maximum absolute atomic E-state index is 5.39. The van der Waals surface area contributed by atoms with Crippen molar-refractivity contribution in [2.45, 2.75) is 0 Å². The molecule has 0 fully saturated rings. The lowest BCUT2D eigenvalue weighted by Gasteiger charge is -1.88. The number of hydrogen-bond donors (Lipinski definition) is 1. The van der Waals surface area contributed by atoms with E-state index < -0.39 is 0 Å². The molecule has 0 aliphatic carbocycles. The van der Waals surface area contributed by atoms with E-state index in [1.165, 1.54) is 11.3 Å². The molecule has 2 heterocycles. The van der Waals surface area contributed by atoms with Gasteiger partial charge >= 0.3 is 0 Å². The van der Waals surface area contributed by atoms with Gasteiger partial charge in [0.05, 0.1) is 0 Å². The van der Waals surface area contributed by atoms with Crippen LogP contribution in [-0.4, -0.2) is 20.0 Å². The van der Waals surface area contributed by atoms with Gasteiger partial charge in [0.15, 0.2) is 0 Å². The molecule has 6 heteroatoms. The molecule has 0 aliphatic heterocycles. The summed E-state index contributed by atoms with van der Waals surface area (Å²) in [4.78, 5) is 0. The van der Waals surface area contributed by atoms with Crippen LogP contribution in [0.25, 0.3) is 5.13 Å². The van der Waals surface area contributed by atoms with Gasteiger partial charge < -0.3 is 5.73 Å². The summed E-state index contributed by atoms with van der Waals surface area (Å²) in [7, 11) is 0. The highest BCUT2D eigenvalue weighted by molar-refractivity contribution is 7.17. The second-order valence-corrected chi connectivity index (χ2v) is 2.86. The van der Waals surface area contributed by atoms with Gasteiger partial charge in [-0.25, -0.2) is 4.68 Å². The highest BCUT2D eigenvalue weighted by atomic mass is 32.1. The van der Waals surface area contributed by atoms with Crippen LogP contribution in [0.1, 0.15) is 0 Å². The average Bonchev–Trinajstić information content (AvgIpc) is 2.55. The zero-order valence-corrected chi connectivity index (χ0v) is 6.32. The van der Waals surface area contributed by atoms with Gasteiger partial charge in [0.25, 0.3) is 0 Å². The fraction of sp³-hybridized carbons (Fsp3) is 0. The Kier molecular flexibility index (Phi) is 1.32. The van der Waals surface area contributed by atoms with Gasteiger partial charge in [-0.2, -0.15) is 5.10 Å². The third-order valence-electron chi connectivity index (χ3n) is 1.13. The maximum Gasteiger partial charge on any atom is 0.234 e. The third-order valence-corrected chi connectivity index (χ3v) is 1.87. The van der Waals surface area contributed by atoms with E-state index in [2.05, 4.69) is 15.3 Å². The van der Waals surface area contributed by atoms with E-state index in [1.807, 2.05) is 6.07 Å². The zero-order valence-electron chi connectivity index (χ0n) is 5.51. The smallest absolute Gasteiger partial charge is 0.234 e. The van der Waals surface area contributed by atoms with Crippen LogP contribution < -0.4 is 5.73 Å². The molecule has 56 valence electrons. The van der Waals surface area contributed by atoms with Crippen molar-refractivity contribution in [1.82, 2.24) is 20.0 Å². The van der Waals surface area contributed by atoms with Crippen molar-refractivity contribution in [3.8, 4) is 5.13 Å². The number of nitrogen functional groups attached to an aromatic ring is 1. The molecule has 2 aromatic rings. The van der Waals surface area contributed by atoms with E-state index in [0.717, 1.165) is 0 Å². The Morgan fingerprint density at radius 1 is 1.45 bits per heavy atom. The van der Waals surface area contributed by atoms with Crippen LogP contribution in [0.2, 0.25) is 0 Å². The molecule has 0 spiro atoms. The number of anilines is 1. The topological polar surface area (TPSA) is 69.6 Å². The van der Waals surface area contributed by atoms with Crippen molar-refractivity contribution < 1.29 is 0 Å². The average molecular weight is 167 g/mol. The van der Waals surface area contributed by atoms with Crippen LogP contribution in [0, 0.1) is 0 Å². The van der Waals surface area contributed by atoms with Gasteiger partial charge in [-0.15, -0.1) is 10.2 Å². The fourth-order valence-electron chi connectivity index (χ4n) is 0.701. The van der Waals surface area contributed by atoms with Gasteiger partial charge in [-0.1, -0.05) is 11.3 Å². The quantitative estimate of drug-likeness (QED) is 0.663. The van der Waals surface area contributed by atoms with Crippen molar-refractivity contribution in [3.63, 3.8) is 0 Å². The molecule has 0 amide bonds. The summed E-state index contributed by atoms with van der Waals surface area (Å²) in [5.41, 5.74) is 5.39. The minimum Gasteiger partial charge on any atom is -0.374 e. The van der Waals surface area contributed by atoms with Crippen LogP contribution >= 0.6 is 11.3 Å². The molecule has 0 saturated carbocycles. The van der Waals surface area contributed by atoms with Gasteiger partial charge in [0.1, 0.15) is 0 Å². The van der Waals surface area contributed by atoms with Crippen LogP contribution in [-0.2, 0) is 0 Å². The highest BCUT2D eigenvalue weighted by Gasteiger charge is 2.01. The standard InChI is InChI=1S/C5H5N5S/c6-4-8-9-5(11-4)10-3-1-2-7-10/h1-3H,(H2,6,8). The minimum atomic E-state index is 0.454. The molecule has 2 rings (SSSR count). The lowest BCUT2D eigenvalue weighted by molar-refractivity contribution is 0.847. The Morgan fingerprint density at radius 3 is 2.91 bits per heavy atom. The second-order valence-electron chi connectivity index (χ2n) is 1.87. The Morgan fingerprint density at radius 2 is 2.36 bits per heavy atom. The summed E-state index contributed by atoms with van der Waals surface area (Å²) < 4.78 is 1.62. The second kappa shape index (κ2) is 2.31. The molecule has 0 saturated heterocycles. The van der Waals surface area contributed by atoms with E-state index >= 15 is 0 Å². The summed E-state index contributed by atoms with van der Waals surface area (Å²) in [6, 6.07) is 1.82. The highest BCUT2D eigenvalue weighted by Crippen LogP contribution is 2.13. The summed E-state index contributed by atoms with van der Waals surface area (Å²) in [6.07, 6.45) is 3.47. The third kappa shape index (κ3) is 1.07. The zero-order chi connectivity index (χ0) is 7.68. The number of rotatable bonds is 1. The van der Waals surface area contributed by atoms with Gasteiger partial charge in [0.2, 0.25) is 10.3 Å². The Bertz CT molecular complexity index is 337. The van der Waals surface area contributed by atoms with Crippen molar-refractivity contribution >= 4 is 16.5 Å². The predicted octanol–water partition coefficient (Wildman–Crippen LogP) is 0.306. The molecule has 0 aromatic carbocycles. The molecule has 0 unspecified atom stereocenters. The number of hydrogen-bond acceptors (Lipinski definition) is 5. The first-order valence-electron chi connectivity index (χ1n) is 2.95. The molecular weight excluding hydrogens is 162 g/mol. The number of aromatic nitrogens is 4. The van der Waals surface area contributed by atoms with Crippen molar-refractivity contribution in [2.75, 3.05) is 5.73 Å². The molecule has 2 aromatic heterocycles. The van der Waals surface area contributed by atoms with E-state index in [1.54, 1.807) is 17.1 Å². The van der Waals surface area contributed by atoms with Crippen LogP contribution in [0.3, 0.4) is 0 Å². The fourth-order valence-corrected chi connectivity index (χ4v) is 1.25. The van der Waals surface area contributed by atoms with Crippen LogP contribution in [0.4, 0.5) is 5.13 Å². The van der Waals surface area contributed by atoms with Crippen molar-refractivity contribution in [2.24, 2.45) is 0 Å². The van der Waals surface area contributed by atoms with Crippen LogP contribution in [0.15, 0.2) is 18.5 Å². The summed E-state index contributed by atoms with van der Waals surface area (Å²) >= 11 is 1.30. The van der Waals surface area contributed by atoms with E-state index in [9.17, 15) is 0 Å². The first-order chi connectivity index (χ1) is 5.36. The molecule has 0 atom stereocenters. The summed E-state index contributed by atoms with van der Waals surface area (Å²) in [5, 5.41) is 12.6. The van der Waals surface area contributed by atoms with Gasteiger partial charge in [0, 0.05) is 12.4 Å². The Balaban J connectivity index is 2.45. The maximum atomic E-state index is 5.39. The SMILES string of the molecule is Nc1nnc(-n2cccn2)s1. The Labute approximate surface area is 66.5 Å². The number of nitrogens with two attached hydrogens (primary N) is 1. The molecule has 11 heavy (non-hydrogen) atoms. The van der Waals surface area contributed by atoms with E-state index in [-0.39, 0.29) is 0 Å². The van der Waals surface area contributed by atoms with Crippen molar-refractivity contribution in [3.05, 3.63) is 18.5 Å². The van der Waals surface area contributed by atoms with Crippen LogP contribution in [0.5, 0.6) is 0 Å².